The first-order valence-corrected chi connectivity index (χ1v) is 12.4. The topological polar surface area (TPSA) is 62.2 Å². The Morgan fingerprint density at radius 2 is 1.91 bits per heavy atom. The zero-order chi connectivity index (χ0) is 23.4. The van der Waals surface area contributed by atoms with Gasteiger partial charge in [0.15, 0.2) is 11.5 Å². The standard InChI is InChI=1S/C26H32N2O4S/c1-26(2,30)18-32-23-10-9-20(15-24(23)31-3)28-13-12-27-17-21(16-22(27)25(28)29)33-14-11-19-7-5-4-6-8-19/h4-10,15-16,21,30H,11-14,17-18H2,1-3H3. The number of anilines is 1. The van der Waals surface area contributed by atoms with Gasteiger partial charge in [0.1, 0.15) is 12.3 Å². The number of hydrogen-bond acceptors (Lipinski definition) is 6. The van der Waals surface area contributed by atoms with Crippen molar-refractivity contribution in [3.63, 3.8) is 0 Å². The fraction of sp³-hybridized carbons (Fsp3) is 0.423. The highest BCUT2D eigenvalue weighted by Gasteiger charge is 2.35. The predicted molar refractivity (Wildman–Crippen MR) is 133 cm³/mol. The maximum Gasteiger partial charge on any atom is 0.274 e. The van der Waals surface area contributed by atoms with Crippen LogP contribution in [0.25, 0.3) is 0 Å². The second kappa shape index (κ2) is 10.1. The summed E-state index contributed by atoms with van der Waals surface area (Å²) in [6.07, 6.45) is 3.16. The molecule has 1 fully saturated rings. The number of ether oxygens (including phenoxy) is 2. The van der Waals surface area contributed by atoms with E-state index in [0.29, 0.717) is 23.3 Å². The first kappa shape index (κ1) is 23.5. The number of carbonyl (C=O) groups excluding carboxylic acids is 1. The fourth-order valence-corrected chi connectivity index (χ4v) is 5.21. The molecule has 2 aromatic rings. The van der Waals surface area contributed by atoms with Gasteiger partial charge in [-0.3, -0.25) is 4.79 Å². The molecule has 2 heterocycles. The maximum atomic E-state index is 13.3. The summed E-state index contributed by atoms with van der Waals surface area (Å²) in [5, 5.41) is 10.3. The average molecular weight is 469 g/mol. The lowest BCUT2D eigenvalue weighted by molar-refractivity contribution is -0.117. The molecule has 1 atom stereocenters. The van der Waals surface area contributed by atoms with Crippen molar-refractivity contribution < 1.29 is 19.4 Å². The lowest BCUT2D eigenvalue weighted by Gasteiger charge is -2.35. The van der Waals surface area contributed by atoms with Crippen molar-refractivity contribution in [1.29, 1.82) is 0 Å². The quantitative estimate of drug-likeness (QED) is 0.605. The molecule has 6 nitrogen and oxygen atoms in total. The van der Waals surface area contributed by atoms with Gasteiger partial charge in [-0.2, -0.15) is 11.8 Å². The van der Waals surface area contributed by atoms with Gasteiger partial charge in [-0.05, 0) is 49.8 Å². The third-order valence-corrected chi connectivity index (χ3v) is 6.90. The lowest BCUT2D eigenvalue weighted by atomic mass is 10.1. The van der Waals surface area contributed by atoms with Crippen LogP contribution in [0.3, 0.4) is 0 Å². The van der Waals surface area contributed by atoms with Crippen LogP contribution in [-0.2, 0) is 11.2 Å². The highest BCUT2D eigenvalue weighted by atomic mass is 32.2. The maximum absolute atomic E-state index is 13.3. The van der Waals surface area contributed by atoms with E-state index in [-0.39, 0.29) is 12.5 Å². The third kappa shape index (κ3) is 5.84. The summed E-state index contributed by atoms with van der Waals surface area (Å²) in [5.41, 5.74) is 1.98. The van der Waals surface area contributed by atoms with Crippen LogP contribution in [0, 0.1) is 0 Å². The zero-order valence-electron chi connectivity index (χ0n) is 19.5. The van der Waals surface area contributed by atoms with Gasteiger partial charge in [-0.1, -0.05) is 30.3 Å². The van der Waals surface area contributed by atoms with Crippen LogP contribution in [0.15, 0.2) is 60.3 Å². The molecule has 33 heavy (non-hydrogen) atoms. The largest absolute Gasteiger partial charge is 0.493 e. The van der Waals surface area contributed by atoms with Gasteiger partial charge < -0.3 is 24.4 Å². The number of hydrogen-bond donors (Lipinski definition) is 1. The number of piperazine rings is 1. The minimum Gasteiger partial charge on any atom is -0.493 e. The Hall–Kier alpha value is -2.64. The normalized spacial score (nSPS) is 18.2. The van der Waals surface area contributed by atoms with Gasteiger partial charge in [-0.25, -0.2) is 0 Å². The number of amides is 1. The molecule has 1 N–H and O–H groups in total. The van der Waals surface area contributed by atoms with Gasteiger partial charge in [0.2, 0.25) is 0 Å². The number of aliphatic hydroxyl groups is 1. The summed E-state index contributed by atoms with van der Waals surface area (Å²) in [4.78, 5) is 17.3. The number of rotatable bonds is 9. The molecular weight excluding hydrogens is 436 g/mol. The average Bonchev–Trinajstić information content (AvgIpc) is 3.22. The molecule has 2 aliphatic heterocycles. The van der Waals surface area contributed by atoms with E-state index >= 15 is 0 Å². The SMILES string of the molecule is COc1cc(N2CCN3CC(SCCc4ccccc4)C=C3C2=O)ccc1OCC(C)(C)O. The molecule has 0 aromatic heterocycles. The number of carbonyl (C=O) groups is 1. The Morgan fingerprint density at radius 3 is 2.64 bits per heavy atom. The van der Waals surface area contributed by atoms with Crippen molar-refractivity contribution in [2.24, 2.45) is 0 Å². The number of fused-ring (bicyclic) bond motifs is 1. The Kier molecular flexibility index (Phi) is 7.20. The molecule has 0 aliphatic carbocycles. The van der Waals surface area contributed by atoms with Crippen molar-refractivity contribution in [2.75, 3.05) is 44.0 Å². The minimum atomic E-state index is -0.944. The molecule has 0 radical (unpaired) electrons. The van der Waals surface area contributed by atoms with E-state index < -0.39 is 5.60 Å². The van der Waals surface area contributed by atoms with Gasteiger partial charge in [0.05, 0.1) is 12.7 Å². The van der Waals surface area contributed by atoms with Gasteiger partial charge in [-0.15, -0.1) is 0 Å². The number of methoxy groups -OCH3 is 1. The van der Waals surface area contributed by atoms with Crippen molar-refractivity contribution in [3.05, 3.63) is 65.9 Å². The molecule has 1 amide bonds. The summed E-state index contributed by atoms with van der Waals surface area (Å²) in [6.45, 7) is 5.86. The molecule has 1 saturated heterocycles. The molecule has 0 bridgehead atoms. The second-order valence-corrected chi connectivity index (χ2v) is 10.4. The highest BCUT2D eigenvalue weighted by Crippen LogP contribution is 2.35. The van der Waals surface area contributed by atoms with Crippen molar-refractivity contribution in [1.82, 2.24) is 4.90 Å². The summed E-state index contributed by atoms with van der Waals surface area (Å²) >= 11 is 1.91. The fourth-order valence-electron chi connectivity index (χ4n) is 4.05. The summed E-state index contributed by atoms with van der Waals surface area (Å²) < 4.78 is 11.2. The van der Waals surface area contributed by atoms with Crippen molar-refractivity contribution >= 4 is 23.4 Å². The van der Waals surface area contributed by atoms with Crippen molar-refractivity contribution in [3.8, 4) is 11.5 Å². The van der Waals surface area contributed by atoms with E-state index in [1.165, 1.54) is 5.56 Å². The molecule has 7 heteroatoms. The van der Waals surface area contributed by atoms with Gasteiger partial charge >= 0.3 is 0 Å². The molecule has 0 spiro atoms. The van der Waals surface area contributed by atoms with E-state index in [1.54, 1.807) is 27.0 Å². The zero-order valence-corrected chi connectivity index (χ0v) is 20.3. The second-order valence-electron chi connectivity index (χ2n) is 9.04. The Balaban J connectivity index is 1.40. The minimum absolute atomic E-state index is 0.0274. The van der Waals surface area contributed by atoms with Crippen LogP contribution >= 0.6 is 11.8 Å². The molecule has 0 saturated carbocycles. The predicted octanol–water partition coefficient (Wildman–Crippen LogP) is 3.74. The van der Waals surface area contributed by atoms with E-state index in [9.17, 15) is 9.90 Å². The first-order valence-electron chi connectivity index (χ1n) is 11.3. The van der Waals surface area contributed by atoms with Crippen LogP contribution < -0.4 is 14.4 Å². The van der Waals surface area contributed by atoms with Crippen LogP contribution in [0.1, 0.15) is 19.4 Å². The van der Waals surface area contributed by atoms with Crippen LogP contribution in [-0.4, -0.2) is 65.9 Å². The first-order chi connectivity index (χ1) is 15.8. The molecular formula is C26H32N2O4S. The van der Waals surface area contributed by atoms with E-state index in [4.69, 9.17) is 9.47 Å². The Labute approximate surface area is 200 Å². The number of nitrogens with zero attached hydrogens (tertiary/aromatic N) is 2. The molecule has 4 rings (SSSR count). The number of benzene rings is 2. The monoisotopic (exact) mass is 468 g/mol. The lowest BCUT2D eigenvalue weighted by Crippen LogP contribution is -2.47. The highest BCUT2D eigenvalue weighted by molar-refractivity contribution is 8.00. The molecule has 176 valence electrons. The molecule has 1 unspecified atom stereocenters. The smallest absolute Gasteiger partial charge is 0.274 e. The van der Waals surface area contributed by atoms with Crippen LogP contribution in [0.5, 0.6) is 11.5 Å². The van der Waals surface area contributed by atoms with Gasteiger partial charge in [0.25, 0.3) is 5.91 Å². The third-order valence-electron chi connectivity index (χ3n) is 5.75. The van der Waals surface area contributed by atoms with E-state index in [2.05, 4.69) is 35.2 Å². The van der Waals surface area contributed by atoms with E-state index in [1.807, 2.05) is 34.9 Å². The Morgan fingerprint density at radius 1 is 1.12 bits per heavy atom. The summed E-state index contributed by atoms with van der Waals surface area (Å²) in [5.74, 6) is 2.15. The van der Waals surface area contributed by atoms with Gasteiger partial charge in [0, 0.05) is 36.6 Å². The van der Waals surface area contributed by atoms with E-state index in [0.717, 1.165) is 36.6 Å². The van der Waals surface area contributed by atoms with Crippen LogP contribution in [0.4, 0.5) is 5.69 Å². The number of aryl methyl sites for hydroxylation is 1. The number of thioether (sulfide) groups is 1. The molecule has 2 aromatic carbocycles. The van der Waals surface area contributed by atoms with Crippen LogP contribution in [0.2, 0.25) is 0 Å². The Bertz CT molecular complexity index is 1000. The summed E-state index contributed by atoms with van der Waals surface area (Å²) in [6, 6.07) is 16.0. The van der Waals surface area contributed by atoms with Crippen molar-refractivity contribution in [2.45, 2.75) is 31.1 Å². The summed E-state index contributed by atoms with van der Waals surface area (Å²) in [7, 11) is 1.58. The molecule has 2 aliphatic rings.